The number of amides is 1. The third-order valence-electron chi connectivity index (χ3n) is 8.28. The van der Waals surface area contributed by atoms with E-state index in [4.69, 9.17) is 9.72 Å². The lowest BCUT2D eigenvalue weighted by molar-refractivity contribution is 0.0284. The standard InChI is InChI=1S/C33H40F2N8O2/c1-19(2)43-20(3)37-30-24(34)13-23(14-27(30)43)29-25(35)15-36-31(40-29)39-28-8-7-22-18-41(11-10-26(22)38-28)16-21-9-12-42(17-21)32(44)45-33(4,5)6/h7-8,13-15,19,21H,9-12,16-18H2,1-6H3,(H,36,38,39,40)/t21-/m1/s1. The molecule has 0 aliphatic carbocycles. The van der Waals surface area contributed by atoms with Gasteiger partial charge >= 0.3 is 6.09 Å². The van der Waals surface area contributed by atoms with Crippen molar-refractivity contribution < 1.29 is 18.3 Å². The molecule has 0 bridgehead atoms. The Morgan fingerprint density at radius 3 is 2.67 bits per heavy atom. The maximum absolute atomic E-state index is 15.1. The molecule has 238 valence electrons. The average molecular weight is 619 g/mol. The van der Waals surface area contributed by atoms with Crippen LogP contribution in [0.2, 0.25) is 0 Å². The molecule has 6 rings (SSSR count). The van der Waals surface area contributed by atoms with Crippen LogP contribution in [0.3, 0.4) is 0 Å². The first kappa shape index (κ1) is 30.8. The summed E-state index contributed by atoms with van der Waals surface area (Å²) in [7, 11) is 0. The minimum atomic E-state index is -0.651. The van der Waals surface area contributed by atoms with Gasteiger partial charge in [0.25, 0.3) is 0 Å². The number of halogens is 2. The number of hydrogen-bond acceptors (Lipinski definition) is 8. The molecule has 1 aromatic carbocycles. The van der Waals surface area contributed by atoms with E-state index in [1.165, 1.54) is 6.07 Å². The molecule has 4 aromatic rings. The summed E-state index contributed by atoms with van der Waals surface area (Å²) in [6.45, 7) is 15.5. The van der Waals surface area contributed by atoms with Crippen molar-refractivity contribution in [3.05, 3.63) is 59.2 Å². The number of carbonyl (C=O) groups excluding carboxylic acids is 1. The molecule has 1 atom stereocenters. The van der Waals surface area contributed by atoms with Crippen molar-refractivity contribution in [2.45, 2.75) is 72.6 Å². The molecule has 3 aromatic heterocycles. The molecule has 0 radical (unpaired) electrons. The molecule has 1 saturated heterocycles. The topological polar surface area (TPSA) is 101 Å². The van der Waals surface area contributed by atoms with Crippen LogP contribution >= 0.6 is 0 Å². The average Bonchev–Trinajstić information content (AvgIpc) is 3.57. The summed E-state index contributed by atoms with van der Waals surface area (Å²) in [6, 6.07) is 6.94. The SMILES string of the molecule is Cc1nc2c(F)cc(-c3nc(Nc4ccc5c(n4)CCN(C[C@H]4CCN(C(=O)OC(C)(C)C)C4)C5)ncc3F)cc2n1C(C)C. The lowest BCUT2D eigenvalue weighted by Crippen LogP contribution is -2.38. The van der Waals surface area contributed by atoms with E-state index in [1.54, 1.807) is 6.07 Å². The van der Waals surface area contributed by atoms with Gasteiger partial charge in [0.2, 0.25) is 5.95 Å². The molecule has 5 heterocycles. The normalized spacial score (nSPS) is 17.3. The zero-order valence-corrected chi connectivity index (χ0v) is 26.7. The number of aryl methyl sites for hydroxylation is 1. The summed E-state index contributed by atoms with van der Waals surface area (Å²) >= 11 is 0. The number of nitrogens with zero attached hydrogens (tertiary/aromatic N) is 7. The number of anilines is 2. The number of rotatable bonds is 6. The van der Waals surface area contributed by atoms with Crippen LogP contribution in [-0.2, 0) is 17.7 Å². The molecule has 1 fully saturated rings. The van der Waals surface area contributed by atoms with Crippen LogP contribution in [0, 0.1) is 24.5 Å². The zero-order chi connectivity index (χ0) is 32.0. The number of aromatic nitrogens is 5. The molecular weight excluding hydrogens is 578 g/mol. The zero-order valence-electron chi connectivity index (χ0n) is 26.7. The minimum absolute atomic E-state index is 0.00629. The van der Waals surface area contributed by atoms with Crippen molar-refractivity contribution in [2.75, 3.05) is 31.5 Å². The number of imidazole rings is 1. The number of hydrogen-bond donors (Lipinski definition) is 1. The largest absolute Gasteiger partial charge is 0.444 e. The first-order valence-electron chi connectivity index (χ1n) is 15.5. The number of likely N-dealkylation sites (tertiary alicyclic amines) is 1. The predicted molar refractivity (Wildman–Crippen MR) is 168 cm³/mol. The van der Waals surface area contributed by atoms with Crippen molar-refractivity contribution in [2.24, 2.45) is 5.92 Å². The minimum Gasteiger partial charge on any atom is -0.444 e. The highest BCUT2D eigenvalue weighted by Crippen LogP contribution is 2.31. The molecule has 1 N–H and O–H groups in total. The van der Waals surface area contributed by atoms with Gasteiger partial charge in [-0.25, -0.2) is 33.5 Å². The van der Waals surface area contributed by atoms with Gasteiger partial charge < -0.3 is 19.5 Å². The Bertz CT molecular complexity index is 1750. The summed E-state index contributed by atoms with van der Waals surface area (Å²) in [4.78, 5) is 34.4. The lowest BCUT2D eigenvalue weighted by Gasteiger charge is -2.30. The van der Waals surface area contributed by atoms with Crippen LogP contribution in [0.25, 0.3) is 22.3 Å². The van der Waals surface area contributed by atoms with Gasteiger partial charge in [-0.05, 0) is 77.6 Å². The van der Waals surface area contributed by atoms with Crippen LogP contribution in [-0.4, -0.2) is 72.2 Å². The van der Waals surface area contributed by atoms with Gasteiger partial charge in [-0.3, -0.25) is 4.90 Å². The fraction of sp³-hybridized carbons (Fsp3) is 0.485. The van der Waals surface area contributed by atoms with Gasteiger partial charge in [0.15, 0.2) is 11.6 Å². The van der Waals surface area contributed by atoms with E-state index in [2.05, 4.69) is 25.2 Å². The van der Waals surface area contributed by atoms with Crippen molar-refractivity contribution in [1.82, 2.24) is 34.3 Å². The Labute approximate surface area is 261 Å². The van der Waals surface area contributed by atoms with Crippen LogP contribution < -0.4 is 5.32 Å². The van der Waals surface area contributed by atoms with Crippen LogP contribution in [0.5, 0.6) is 0 Å². The highest BCUT2D eigenvalue weighted by Gasteiger charge is 2.31. The first-order valence-corrected chi connectivity index (χ1v) is 15.5. The van der Waals surface area contributed by atoms with E-state index < -0.39 is 17.2 Å². The number of fused-ring (bicyclic) bond motifs is 2. The van der Waals surface area contributed by atoms with E-state index in [0.29, 0.717) is 35.2 Å². The fourth-order valence-corrected chi connectivity index (χ4v) is 6.34. The highest BCUT2D eigenvalue weighted by molar-refractivity contribution is 5.83. The molecule has 2 aliphatic heterocycles. The third kappa shape index (κ3) is 6.61. The second-order valence-corrected chi connectivity index (χ2v) is 13.3. The first-order chi connectivity index (χ1) is 21.3. The molecule has 0 saturated carbocycles. The number of pyridine rings is 1. The van der Waals surface area contributed by atoms with Crippen molar-refractivity contribution in [3.8, 4) is 11.3 Å². The number of nitrogens with one attached hydrogen (secondary N) is 1. The summed E-state index contributed by atoms with van der Waals surface area (Å²) in [5, 5.41) is 3.10. The fourth-order valence-electron chi connectivity index (χ4n) is 6.34. The van der Waals surface area contributed by atoms with Gasteiger partial charge in [-0.1, -0.05) is 6.07 Å². The van der Waals surface area contributed by atoms with Crippen molar-refractivity contribution >= 4 is 28.9 Å². The Hall–Kier alpha value is -4.19. The summed E-state index contributed by atoms with van der Waals surface area (Å²) in [5.74, 6) is 0.631. The lowest BCUT2D eigenvalue weighted by atomic mass is 10.0. The number of ether oxygens (including phenoxy) is 1. The third-order valence-corrected chi connectivity index (χ3v) is 8.28. The van der Waals surface area contributed by atoms with Gasteiger partial charge in [0.1, 0.15) is 28.5 Å². The summed E-state index contributed by atoms with van der Waals surface area (Å²) in [6.07, 6.45) is 2.59. The maximum atomic E-state index is 15.1. The highest BCUT2D eigenvalue weighted by atomic mass is 19.1. The van der Waals surface area contributed by atoms with E-state index in [0.717, 1.165) is 56.5 Å². The Morgan fingerprint density at radius 1 is 1.11 bits per heavy atom. The monoisotopic (exact) mass is 618 g/mol. The Morgan fingerprint density at radius 2 is 1.91 bits per heavy atom. The number of carbonyl (C=O) groups is 1. The second-order valence-electron chi connectivity index (χ2n) is 13.3. The van der Waals surface area contributed by atoms with Gasteiger partial charge in [-0.2, -0.15) is 0 Å². The summed E-state index contributed by atoms with van der Waals surface area (Å²) < 4.78 is 37.5. The molecule has 10 nitrogen and oxygen atoms in total. The molecule has 45 heavy (non-hydrogen) atoms. The van der Waals surface area contributed by atoms with E-state index in [-0.39, 0.29) is 29.3 Å². The molecular formula is C33H40F2N8O2. The van der Waals surface area contributed by atoms with Crippen LogP contribution in [0.1, 0.15) is 64.2 Å². The van der Waals surface area contributed by atoms with Crippen LogP contribution in [0.15, 0.2) is 30.5 Å². The molecule has 12 heteroatoms. The predicted octanol–water partition coefficient (Wildman–Crippen LogP) is 6.41. The van der Waals surface area contributed by atoms with Gasteiger partial charge in [-0.15, -0.1) is 0 Å². The van der Waals surface area contributed by atoms with E-state index in [1.807, 2.05) is 63.1 Å². The van der Waals surface area contributed by atoms with E-state index >= 15 is 4.39 Å². The van der Waals surface area contributed by atoms with Crippen molar-refractivity contribution in [3.63, 3.8) is 0 Å². The molecule has 0 spiro atoms. The number of benzene rings is 1. The van der Waals surface area contributed by atoms with Gasteiger partial charge in [0.05, 0.1) is 11.7 Å². The van der Waals surface area contributed by atoms with Crippen LogP contribution in [0.4, 0.5) is 25.3 Å². The molecule has 2 aliphatic rings. The van der Waals surface area contributed by atoms with Crippen molar-refractivity contribution in [1.29, 1.82) is 0 Å². The second kappa shape index (κ2) is 12.0. The smallest absolute Gasteiger partial charge is 0.410 e. The molecule has 0 unspecified atom stereocenters. The van der Waals surface area contributed by atoms with Gasteiger partial charge in [0, 0.05) is 56.4 Å². The Kier molecular flexibility index (Phi) is 8.19. The Balaban J connectivity index is 1.13. The maximum Gasteiger partial charge on any atom is 0.410 e. The molecule has 1 amide bonds. The summed E-state index contributed by atoms with van der Waals surface area (Å²) in [5.41, 5.74) is 2.78. The quantitative estimate of drug-likeness (QED) is 0.265. The van der Waals surface area contributed by atoms with E-state index in [9.17, 15) is 9.18 Å².